The van der Waals surface area contributed by atoms with Crippen LogP contribution in [0.2, 0.25) is 5.02 Å². The largest absolute Gasteiger partial charge is 0.394 e. The summed E-state index contributed by atoms with van der Waals surface area (Å²) in [6.07, 6.45) is -1.09. The average molecular weight is 444 g/mol. The van der Waals surface area contributed by atoms with Crippen molar-refractivity contribution in [3.63, 3.8) is 0 Å². The Bertz CT molecular complexity index is 1080. The molecule has 0 radical (unpaired) electrons. The minimum atomic E-state index is -1.44. The SMILES string of the molecule is OCC1OC(n2cc(Cc3ccc(C4CC4)cc3)c3c(Cl)cccc32)[C@H](O)C(O)[C@@H]1O. The number of aliphatic hydroxyl groups is 4. The van der Waals surface area contributed by atoms with E-state index in [1.54, 1.807) is 4.57 Å². The van der Waals surface area contributed by atoms with Crippen molar-refractivity contribution in [3.8, 4) is 0 Å². The van der Waals surface area contributed by atoms with Gasteiger partial charge in [-0.05, 0) is 54.0 Å². The minimum absolute atomic E-state index is 0.471. The summed E-state index contributed by atoms with van der Waals surface area (Å²) in [6, 6.07) is 14.2. The van der Waals surface area contributed by atoms with E-state index >= 15 is 0 Å². The average Bonchev–Trinajstić information content (AvgIpc) is 3.56. The molecule has 2 aliphatic rings. The third-order valence-corrected chi connectivity index (χ3v) is 6.77. The third-order valence-electron chi connectivity index (χ3n) is 6.45. The van der Waals surface area contributed by atoms with Crippen LogP contribution in [0.1, 0.15) is 41.7 Å². The predicted octanol–water partition coefficient (Wildman–Crippen LogP) is 2.74. The van der Waals surface area contributed by atoms with E-state index < -0.39 is 37.3 Å². The topological polar surface area (TPSA) is 95.1 Å². The lowest BCUT2D eigenvalue weighted by Gasteiger charge is -2.40. The fourth-order valence-corrected chi connectivity index (χ4v) is 4.84. The van der Waals surface area contributed by atoms with Crippen molar-refractivity contribution in [2.45, 2.75) is 55.8 Å². The number of aliphatic hydroxyl groups excluding tert-OH is 4. The Hall–Kier alpha value is -1.93. The molecule has 1 saturated carbocycles. The van der Waals surface area contributed by atoms with Crippen molar-refractivity contribution < 1.29 is 25.2 Å². The van der Waals surface area contributed by atoms with Crippen molar-refractivity contribution >= 4 is 22.5 Å². The Morgan fingerprint density at radius 2 is 1.71 bits per heavy atom. The molecule has 2 fully saturated rings. The van der Waals surface area contributed by atoms with Crippen LogP contribution in [-0.2, 0) is 11.2 Å². The molecule has 4 N–H and O–H groups in total. The maximum atomic E-state index is 10.6. The van der Waals surface area contributed by atoms with Crippen LogP contribution in [0.4, 0.5) is 0 Å². The van der Waals surface area contributed by atoms with Crippen molar-refractivity contribution in [2.75, 3.05) is 6.61 Å². The highest BCUT2D eigenvalue weighted by molar-refractivity contribution is 6.35. The molecule has 5 rings (SSSR count). The second-order valence-electron chi connectivity index (χ2n) is 8.61. The number of aromatic nitrogens is 1. The first-order chi connectivity index (χ1) is 15.0. The Kier molecular flexibility index (Phi) is 5.54. The molecule has 2 heterocycles. The van der Waals surface area contributed by atoms with E-state index in [1.165, 1.54) is 18.4 Å². The van der Waals surface area contributed by atoms with Crippen molar-refractivity contribution in [2.24, 2.45) is 0 Å². The standard InChI is InChI=1S/C24H26ClNO5/c25-17-2-1-3-18-20(17)16(10-13-4-6-14(7-5-13)15-8-9-15)11-26(18)24-23(30)22(29)21(28)19(12-27)31-24/h1-7,11,15,19,21-24,27-30H,8-10,12H2/t19?,21-,22?,23-,24?/m1/s1. The first-order valence-corrected chi connectivity index (χ1v) is 11.0. The summed E-state index contributed by atoms with van der Waals surface area (Å²) in [4.78, 5) is 0. The van der Waals surface area contributed by atoms with Gasteiger partial charge in [0.1, 0.15) is 24.4 Å². The molecule has 164 valence electrons. The smallest absolute Gasteiger partial charge is 0.163 e. The summed E-state index contributed by atoms with van der Waals surface area (Å²) < 4.78 is 7.52. The van der Waals surface area contributed by atoms with Gasteiger partial charge in [-0.2, -0.15) is 0 Å². The zero-order valence-corrected chi connectivity index (χ0v) is 17.7. The van der Waals surface area contributed by atoms with Crippen molar-refractivity contribution in [1.82, 2.24) is 4.57 Å². The minimum Gasteiger partial charge on any atom is -0.394 e. The number of rotatable bonds is 5. The number of nitrogens with zero attached hydrogens (tertiary/aromatic N) is 1. The molecule has 31 heavy (non-hydrogen) atoms. The van der Waals surface area contributed by atoms with Gasteiger partial charge in [0.2, 0.25) is 0 Å². The van der Waals surface area contributed by atoms with E-state index in [2.05, 4.69) is 24.3 Å². The van der Waals surface area contributed by atoms with Gasteiger partial charge in [-0.3, -0.25) is 0 Å². The molecule has 0 amide bonds. The molecule has 1 saturated heterocycles. The molecule has 1 aromatic heterocycles. The number of benzene rings is 2. The summed E-state index contributed by atoms with van der Waals surface area (Å²) >= 11 is 6.55. The zero-order valence-electron chi connectivity index (χ0n) is 16.9. The van der Waals surface area contributed by atoms with E-state index in [-0.39, 0.29) is 0 Å². The molecule has 5 atom stereocenters. The quantitative estimate of drug-likeness (QED) is 0.486. The molecule has 2 aromatic carbocycles. The molecule has 6 nitrogen and oxygen atoms in total. The van der Waals surface area contributed by atoms with Gasteiger partial charge in [0, 0.05) is 11.6 Å². The lowest BCUT2D eigenvalue weighted by atomic mass is 9.98. The van der Waals surface area contributed by atoms with Crippen molar-refractivity contribution in [3.05, 3.63) is 70.4 Å². The van der Waals surface area contributed by atoms with Gasteiger partial charge in [0.15, 0.2) is 6.23 Å². The van der Waals surface area contributed by atoms with Gasteiger partial charge in [0.25, 0.3) is 0 Å². The molecule has 1 aliphatic heterocycles. The molecule has 7 heteroatoms. The third kappa shape index (κ3) is 3.78. The summed E-state index contributed by atoms with van der Waals surface area (Å²) in [5.74, 6) is 0.705. The Morgan fingerprint density at radius 3 is 2.39 bits per heavy atom. The maximum absolute atomic E-state index is 10.6. The monoisotopic (exact) mass is 443 g/mol. The Morgan fingerprint density at radius 1 is 0.968 bits per heavy atom. The van der Waals surface area contributed by atoms with Crippen LogP contribution in [0.3, 0.4) is 0 Å². The number of hydrogen-bond acceptors (Lipinski definition) is 5. The highest BCUT2D eigenvalue weighted by Gasteiger charge is 2.44. The van der Waals surface area contributed by atoms with E-state index in [0.29, 0.717) is 17.4 Å². The van der Waals surface area contributed by atoms with Gasteiger partial charge in [-0.25, -0.2) is 0 Å². The highest BCUT2D eigenvalue weighted by Crippen LogP contribution is 2.40. The van der Waals surface area contributed by atoms with E-state index in [1.807, 2.05) is 24.4 Å². The van der Waals surface area contributed by atoms with Gasteiger partial charge >= 0.3 is 0 Å². The summed E-state index contributed by atoms with van der Waals surface area (Å²) in [6.45, 7) is -0.471. The lowest BCUT2D eigenvalue weighted by molar-refractivity contribution is -0.250. The van der Waals surface area contributed by atoms with Crippen molar-refractivity contribution in [1.29, 1.82) is 0 Å². The fourth-order valence-electron chi connectivity index (χ4n) is 4.55. The number of fused-ring (bicyclic) bond motifs is 1. The van der Waals surface area contributed by atoms with Crippen LogP contribution in [0.15, 0.2) is 48.7 Å². The molecule has 3 unspecified atom stereocenters. The fraction of sp³-hybridized carbons (Fsp3) is 0.417. The second-order valence-corrected chi connectivity index (χ2v) is 9.01. The first-order valence-electron chi connectivity index (χ1n) is 10.6. The number of halogens is 1. The van der Waals surface area contributed by atoms with Crippen LogP contribution >= 0.6 is 11.6 Å². The maximum Gasteiger partial charge on any atom is 0.163 e. The van der Waals surface area contributed by atoms with Crippen LogP contribution < -0.4 is 0 Å². The van der Waals surface area contributed by atoms with E-state index in [4.69, 9.17) is 16.3 Å². The van der Waals surface area contributed by atoms with E-state index in [0.717, 1.165) is 22.0 Å². The molecule has 0 bridgehead atoms. The Labute approximate surface area is 185 Å². The Balaban J connectivity index is 1.53. The molecular formula is C24H26ClNO5. The molecule has 0 spiro atoms. The summed E-state index contributed by atoms with van der Waals surface area (Å²) in [5.41, 5.74) is 4.25. The van der Waals surface area contributed by atoms with Gasteiger partial charge in [0.05, 0.1) is 17.1 Å². The summed E-state index contributed by atoms with van der Waals surface area (Å²) in [7, 11) is 0. The van der Waals surface area contributed by atoms with Gasteiger partial charge in [-0.1, -0.05) is 41.9 Å². The zero-order chi connectivity index (χ0) is 21.7. The second kappa shape index (κ2) is 8.20. The van der Waals surface area contributed by atoms with E-state index in [9.17, 15) is 20.4 Å². The van der Waals surface area contributed by atoms with Gasteiger partial charge in [-0.15, -0.1) is 0 Å². The normalized spacial score (nSPS) is 28.9. The highest BCUT2D eigenvalue weighted by atomic mass is 35.5. The summed E-state index contributed by atoms with van der Waals surface area (Å²) in [5, 5.41) is 42.0. The first kappa shape index (κ1) is 20.9. The molecule has 1 aliphatic carbocycles. The van der Waals surface area contributed by atoms with Crippen LogP contribution in [0.25, 0.3) is 10.9 Å². The van der Waals surface area contributed by atoms with Crippen LogP contribution in [-0.4, -0.2) is 56.0 Å². The van der Waals surface area contributed by atoms with Gasteiger partial charge < -0.3 is 29.7 Å². The number of hydrogen-bond donors (Lipinski definition) is 4. The van der Waals surface area contributed by atoms with Crippen LogP contribution in [0.5, 0.6) is 0 Å². The molecular weight excluding hydrogens is 418 g/mol. The van der Waals surface area contributed by atoms with Crippen LogP contribution in [0, 0.1) is 0 Å². The predicted molar refractivity (Wildman–Crippen MR) is 117 cm³/mol. The molecule has 3 aromatic rings. The number of ether oxygens (including phenoxy) is 1. The lowest BCUT2D eigenvalue weighted by Crippen LogP contribution is -2.56.